The molecule has 1 fully saturated rings. The molecule has 0 bridgehead atoms. The molecule has 4 nitrogen and oxygen atoms in total. The van der Waals surface area contributed by atoms with E-state index in [1.54, 1.807) is 0 Å². The van der Waals surface area contributed by atoms with Crippen molar-refractivity contribution in [1.29, 1.82) is 0 Å². The Bertz CT molecular complexity index is 461. The standard InChI is InChI=1S/C14H19ClN2O2/c15-11-6-10(7-13-14(11)19-9-18-13)12(8-16)17-4-2-1-3-5-17/h6-7,12H,1-5,8-9,16H2. The summed E-state index contributed by atoms with van der Waals surface area (Å²) in [6, 6.07) is 4.19. The first kappa shape index (κ1) is 13.0. The molecular weight excluding hydrogens is 264 g/mol. The third-order valence-corrected chi connectivity index (χ3v) is 4.17. The highest BCUT2D eigenvalue weighted by atomic mass is 35.5. The third-order valence-electron chi connectivity index (χ3n) is 3.89. The number of nitrogens with zero attached hydrogens (tertiary/aromatic N) is 1. The summed E-state index contributed by atoms with van der Waals surface area (Å²) in [6.07, 6.45) is 3.80. The predicted octanol–water partition coefficient (Wildman–Crippen LogP) is 2.55. The van der Waals surface area contributed by atoms with Crippen molar-refractivity contribution >= 4 is 11.6 Å². The molecule has 3 rings (SSSR count). The molecule has 0 aliphatic carbocycles. The van der Waals surface area contributed by atoms with Crippen LogP contribution in [0.5, 0.6) is 11.5 Å². The molecule has 1 unspecified atom stereocenters. The van der Waals surface area contributed by atoms with Gasteiger partial charge in [-0.1, -0.05) is 18.0 Å². The Labute approximate surface area is 118 Å². The van der Waals surface area contributed by atoms with Crippen LogP contribution < -0.4 is 15.2 Å². The number of hydrogen-bond acceptors (Lipinski definition) is 4. The van der Waals surface area contributed by atoms with Crippen LogP contribution in [0.2, 0.25) is 5.02 Å². The average molecular weight is 283 g/mol. The summed E-state index contributed by atoms with van der Waals surface area (Å²) in [4.78, 5) is 2.44. The molecule has 1 saturated heterocycles. The van der Waals surface area contributed by atoms with E-state index in [2.05, 4.69) is 4.90 Å². The normalized spacial score (nSPS) is 20.5. The van der Waals surface area contributed by atoms with Crippen LogP contribution in [0.15, 0.2) is 12.1 Å². The van der Waals surface area contributed by atoms with E-state index in [-0.39, 0.29) is 12.8 Å². The lowest BCUT2D eigenvalue weighted by Crippen LogP contribution is -2.37. The van der Waals surface area contributed by atoms with Gasteiger partial charge in [0.1, 0.15) is 0 Å². The second-order valence-electron chi connectivity index (χ2n) is 5.08. The molecule has 1 aromatic carbocycles. The maximum absolute atomic E-state index is 6.25. The van der Waals surface area contributed by atoms with Crippen LogP contribution in [0.1, 0.15) is 30.9 Å². The Morgan fingerprint density at radius 2 is 2.00 bits per heavy atom. The van der Waals surface area contributed by atoms with Crippen molar-refractivity contribution in [2.45, 2.75) is 25.3 Å². The Balaban J connectivity index is 1.88. The SMILES string of the molecule is NCC(c1cc(Cl)c2c(c1)OCO2)N1CCCCC1. The predicted molar refractivity (Wildman–Crippen MR) is 74.8 cm³/mol. The van der Waals surface area contributed by atoms with Gasteiger partial charge in [-0.3, -0.25) is 4.90 Å². The molecule has 2 N–H and O–H groups in total. The summed E-state index contributed by atoms with van der Waals surface area (Å²) in [7, 11) is 0. The third kappa shape index (κ3) is 2.53. The largest absolute Gasteiger partial charge is 0.454 e. The van der Waals surface area contributed by atoms with Crippen LogP contribution in [-0.4, -0.2) is 31.3 Å². The Kier molecular flexibility index (Phi) is 3.82. The fraction of sp³-hybridized carbons (Fsp3) is 0.571. The van der Waals surface area contributed by atoms with Crippen molar-refractivity contribution in [3.05, 3.63) is 22.7 Å². The number of hydrogen-bond donors (Lipinski definition) is 1. The summed E-state index contributed by atoms with van der Waals surface area (Å²) in [5.41, 5.74) is 7.10. The van der Waals surface area contributed by atoms with Crippen LogP contribution in [0, 0.1) is 0 Å². The van der Waals surface area contributed by atoms with Crippen molar-refractivity contribution in [1.82, 2.24) is 4.90 Å². The number of ether oxygens (including phenoxy) is 2. The zero-order valence-electron chi connectivity index (χ0n) is 10.9. The highest BCUT2D eigenvalue weighted by Crippen LogP contribution is 2.41. The van der Waals surface area contributed by atoms with E-state index in [1.807, 2.05) is 12.1 Å². The van der Waals surface area contributed by atoms with Crippen molar-refractivity contribution in [2.75, 3.05) is 26.4 Å². The molecule has 2 heterocycles. The molecule has 0 aromatic heterocycles. The Hall–Kier alpha value is -0.970. The van der Waals surface area contributed by atoms with Gasteiger partial charge < -0.3 is 15.2 Å². The number of likely N-dealkylation sites (tertiary alicyclic amines) is 1. The van der Waals surface area contributed by atoms with E-state index >= 15 is 0 Å². The summed E-state index contributed by atoms with van der Waals surface area (Å²) in [5.74, 6) is 1.39. The van der Waals surface area contributed by atoms with Crippen molar-refractivity contribution in [3.63, 3.8) is 0 Å². The van der Waals surface area contributed by atoms with E-state index in [1.165, 1.54) is 19.3 Å². The fourth-order valence-electron chi connectivity index (χ4n) is 2.91. The van der Waals surface area contributed by atoms with Gasteiger partial charge >= 0.3 is 0 Å². The van der Waals surface area contributed by atoms with Gasteiger partial charge in [0.05, 0.1) is 5.02 Å². The maximum Gasteiger partial charge on any atom is 0.231 e. The van der Waals surface area contributed by atoms with Crippen LogP contribution in [0.3, 0.4) is 0 Å². The van der Waals surface area contributed by atoms with Crippen LogP contribution in [-0.2, 0) is 0 Å². The molecule has 19 heavy (non-hydrogen) atoms. The highest BCUT2D eigenvalue weighted by Gasteiger charge is 2.25. The number of fused-ring (bicyclic) bond motifs is 1. The van der Waals surface area contributed by atoms with Crippen molar-refractivity contribution in [2.24, 2.45) is 5.73 Å². The number of benzene rings is 1. The molecule has 0 saturated carbocycles. The number of halogens is 1. The molecule has 1 atom stereocenters. The van der Waals surface area contributed by atoms with Crippen LogP contribution in [0.4, 0.5) is 0 Å². The second-order valence-corrected chi connectivity index (χ2v) is 5.49. The van der Waals surface area contributed by atoms with Crippen LogP contribution >= 0.6 is 11.6 Å². The van der Waals surface area contributed by atoms with Gasteiger partial charge in [0.2, 0.25) is 6.79 Å². The van der Waals surface area contributed by atoms with Gasteiger partial charge in [-0.05, 0) is 43.6 Å². The molecule has 1 aromatic rings. The summed E-state index contributed by atoms with van der Waals surface area (Å²) < 4.78 is 10.8. The number of rotatable bonds is 3. The highest BCUT2D eigenvalue weighted by molar-refractivity contribution is 6.32. The lowest BCUT2D eigenvalue weighted by Gasteiger charge is -2.34. The monoisotopic (exact) mass is 282 g/mol. The minimum absolute atomic E-state index is 0.215. The molecular formula is C14H19ClN2O2. The molecule has 0 spiro atoms. The van der Waals surface area contributed by atoms with Crippen LogP contribution in [0.25, 0.3) is 0 Å². The second kappa shape index (κ2) is 5.57. The zero-order valence-corrected chi connectivity index (χ0v) is 11.7. The first-order chi connectivity index (χ1) is 9.29. The lowest BCUT2D eigenvalue weighted by atomic mass is 10.0. The minimum Gasteiger partial charge on any atom is -0.454 e. The van der Waals surface area contributed by atoms with Gasteiger partial charge in [-0.25, -0.2) is 0 Å². The fourth-order valence-corrected chi connectivity index (χ4v) is 3.18. The van der Waals surface area contributed by atoms with Crippen molar-refractivity contribution in [3.8, 4) is 11.5 Å². The molecule has 2 aliphatic heterocycles. The summed E-state index contributed by atoms with van der Waals surface area (Å²) >= 11 is 6.25. The molecule has 2 aliphatic rings. The number of nitrogens with two attached hydrogens (primary N) is 1. The molecule has 0 amide bonds. The maximum atomic E-state index is 6.25. The van der Waals surface area contributed by atoms with Gasteiger partial charge in [0.25, 0.3) is 0 Å². The van der Waals surface area contributed by atoms with E-state index in [0.29, 0.717) is 17.3 Å². The van der Waals surface area contributed by atoms with Gasteiger partial charge in [0.15, 0.2) is 11.5 Å². The van der Waals surface area contributed by atoms with E-state index in [0.717, 1.165) is 24.4 Å². The van der Waals surface area contributed by atoms with Gasteiger partial charge in [-0.2, -0.15) is 0 Å². The topological polar surface area (TPSA) is 47.7 Å². The Morgan fingerprint density at radius 1 is 1.21 bits per heavy atom. The number of piperidine rings is 1. The lowest BCUT2D eigenvalue weighted by molar-refractivity contribution is 0.166. The van der Waals surface area contributed by atoms with Gasteiger partial charge in [-0.15, -0.1) is 0 Å². The molecule has 5 heteroatoms. The summed E-state index contributed by atoms with van der Waals surface area (Å²) in [5, 5.41) is 0.612. The average Bonchev–Trinajstić information content (AvgIpc) is 2.90. The van der Waals surface area contributed by atoms with Crippen molar-refractivity contribution < 1.29 is 9.47 Å². The zero-order chi connectivity index (χ0) is 13.2. The minimum atomic E-state index is 0.215. The first-order valence-electron chi connectivity index (χ1n) is 6.83. The molecule has 0 radical (unpaired) electrons. The Morgan fingerprint density at radius 3 is 2.74 bits per heavy atom. The summed E-state index contributed by atoms with van der Waals surface area (Å²) in [6.45, 7) is 3.05. The quantitative estimate of drug-likeness (QED) is 0.926. The smallest absolute Gasteiger partial charge is 0.231 e. The first-order valence-corrected chi connectivity index (χ1v) is 7.20. The van der Waals surface area contributed by atoms with E-state index < -0.39 is 0 Å². The van der Waals surface area contributed by atoms with E-state index in [4.69, 9.17) is 26.8 Å². The van der Waals surface area contributed by atoms with Gasteiger partial charge in [0, 0.05) is 12.6 Å². The molecule has 104 valence electrons. The van der Waals surface area contributed by atoms with E-state index in [9.17, 15) is 0 Å².